The molecule has 11 heteroatoms. The Balaban J connectivity index is 1.97. The summed E-state index contributed by atoms with van der Waals surface area (Å²) in [6.07, 6.45) is 3.14. The van der Waals surface area contributed by atoms with Gasteiger partial charge in [0.2, 0.25) is 11.8 Å². The first-order valence-electron chi connectivity index (χ1n) is 7.88. The minimum absolute atomic E-state index is 0.0378. The summed E-state index contributed by atoms with van der Waals surface area (Å²) >= 11 is 0. The van der Waals surface area contributed by atoms with Crippen molar-refractivity contribution in [1.82, 2.24) is 15.0 Å². The first kappa shape index (κ1) is 18.6. The molecule has 0 aliphatic carbocycles. The number of hydrogen-bond acceptors (Lipinski definition) is 8. The van der Waals surface area contributed by atoms with Crippen LogP contribution in [0.5, 0.6) is 0 Å². The molecule has 0 spiro atoms. The van der Waals surface area contributed by atoms with E-state index in [1.807, 2.05) is 0 Å². The van der Waals surface area contributed by atoms with Gasteiger partial charge in [0, 0.05) is 35.8 Å². The third-order valence-electron chi connectivity index (χ3n) is 3.52. The normalized spacial score (nSPS) is 10.3. The SMILES string of the molecule is O=C(O)CNc1nc(Nc2ccc(F)c([N+](=O)[O-])c2)cc(-c2ccncc2)n1. The van der Waals surface area contributed by atoms with E-state index in [4.69, 9.17) is 5.11 Å². The fraction of sp³-hybridized carbons (Fsp3) is 0.0588. The van der Waals surface area contributed by atoms with E-state index >= 15 is 0 Å². The summed E-state index contributed by atoms with van der Waals surface area (Å²) in [5.74, 6) is -1.78. The van der Waals surface area contributed by atoms with Gasteiger partial charge in [-0.05, 0) is 24.3 Å². The van der Waals surface area contributed by atoms with Gasteiger partial charge in [-0.15, -0.1) is 0 Å². The van der Waals surface area contributed by atoms with Crippen LogP contribution in [0.2, 0.25) is 0 Å². The molecule has 10 nitrogen and oxygen atoms in total. The third-order valence-corrected chi connectivity index (χ3v) is 3.52. The zero-order valence-corrected chi connectivity index (χ0v) is 14.2. The van der Waals surface area contributed by atoms with E-state index < -0.39 is 28.9 Å². The summed E-state index contributed by atoms with van der Waals surface area (Å²) in [7, 11) is 0. The zero-order valence-electron chi connectivity index (χ0n) is 14.2. The Hall–Kier alpha value is -4.15. The molecule has 3 N–H and O–H groups in total. The Morgan fingerprint density at radius 1 is 1.18 bits per heavy atom. The number of hydrogen-bond donors (Lipinski definition) is 3. The Morgan fingerprint density at radius 3 is 2.61 bits per heavy atom. The highest BCUT2D eigenvalue weighted by molar-refractivity contribution is 5.73. The van der Waals surface area contributed by atoms with Crippen molar-refractivity contribution in [2.75, 3.05) is 17.2 Å². The molecular formula is C17H13FN6O4. The topological polar surface area (TPSA) is 143 Å². The quantitative estimate of drug-likeness (QED) is 0.414. The van der Waals surface area contributed by atoms with Crippen LogP contribution in [0.4, 0.5) is 27.5 Å². The lowest BCUT2D eigenvalue weighted by molar-refractivity contribution is -0.387. The molecule has 0 unspecified atom stereocenters. The Kier molecular flexibility index (Phi) is 5.35. The number of nitrogens with one attached hydrogen (secondary N) is 2. The number of anilines is 3. The van der Waals surface area contributed by atoms with Crippen LogP contribution in [0.3, 0.4) is 0 Å². The van der Waals surface area contributed by atoms with Crippen molar-refractivity contribution in [3.8, 4) is 11.3 Å². The van der Waals surface area contributed by atoms with Crippen LogP contribution in [0.1, 0.15) is 0 Å². The molecule has 0 atom stereocenters. The van der Waals surface area contributed by atoms with Crippen LogP contribution in [0, 0.1) is 15.9 Å². The maximum Gasteiger partial charge on any atom is 0.322 e. The average Bonchev–Trinajstić information content (AvgIpc) is 2.68. The zero-order chi connectivity index (χ0) is 20.1. The molecule has 0 saturated carbocycles. The van der Waals surface area contributed by atoms with Crippen molar-refractivity contribution in [3.63, 3.8) is 0 Å². The molecule has 3 rings (SSSR count). The minimum Gasteiger partial charge on any atom is -0.480 e. The molecule has 0 amide bonds. The molecule has 2 heterocycles. The maximum absolute atomic E-state index is 13.5. The van der Waals surface area contributed by atoms with Gasteiger partial charge in [0.1, 0.15) is 12.4 Å². The molecule has 1 aromatic carbocycles. The van der Waals surface area contributed by atoms with Crippen molar-refractivity contribution in [2.45, 2.75) is 0 Å². The Morgan fingerprint density at radius 2 is 1.93 bits per heavy atom. The van der Waals surface area contributed by atoms with Gasteiger partial charge in [0.15, 0.2) is 0 Å². The number of aliphatic carboxylic acids is 1. The van der Waals surface area contributed by atoms with E-state index in [-0.39, 0.29) is 17.5 Å². The smallest absolute Gasteiger partial charge is 0.322 e. The van der Waals surface area contributed by atoms with E-state index in [0.29, 0.717) is 11.3 Å². The second-order valence-electron chi connectivity index (χ2n) is 5.49. The first-order chi connectivity index (χ1) is 13.4. The number of aromatic nitrogens is 3. The van der Waals surface area contributed by atoms with Gasteiger partial charge < -0.3 is 15.7 Å². The molecule has 28 heavy (non-hydrogen) atoms. The molecular weight excluding hydrogens is 371 g/mol. The highest BCUT2D eigenvalue weighted by Crippen LogP contribution is 2.26. The fourth-order valence-electron chi connectivity index (χ4n) is 2.29. The summed E-state index contributed by atoms with van der Waals surface area (Å²) in [4.78, 5) is 33.2. The van der Waals surface area contributed by atoms with Crippen molar-refractivity contribution in [3.05, 3.63) is 64.7 Å². The highest BCUT2D eigenvalue weighted by atomic mass is 19.1. The second-order valence-corrected chi connectivity index (χ2v) is 5.49. The van der Waals surface area contributed by atoms with Crippen molar-refractivity contribution < 1.29 is 19.2 Å². The van der Waals surface area contributed by atoms with Gasteiger partial charge in [-0.3, -0.25) is 19.9 Å². The maximum atomic E-state index is 13.5. The summed E-state index contributed by atoms with van der Waals surface area (Å²) in [5.41, 5.74) is 0.711. The summed E-state index contributed by atoms with van der Waals surface area (Å²) in [6.45, 7) is -0.402. The highest BCUT2D eigenvalue weighted by Gasteiger charge is 2.15. The van der Waals surface area contributed by atoms with Crippen molar-refractivity contribution >= 4 is 29.1 Å². The van der Waals surface area contributed by atoms with E-state index in [9.17, 15) is 19.3 Å². The average molecular weight is 384 g/mol. The fourth-order valence-corrected chi connectivity index (χ4v) is 2.29. The van der Waals surface area contributed by atoms with Gasteiger partial charge in [-0.25, -0.2) is 4.98 Å². The lowest BCUT2D eigenvalue weighted by atomic mass is 10.2. The molecule has 0 radical (unpaired) electrons. The van der Waals surface area contributed by atoms with Gasteiger partial charge in [0.25, 0.3) is 0 Å². The number of carbonyl (C=O) groups is 1. The number of nitro groups is 1. The van der Waals surface area contributed by atoms with Gasteiger partial charge in [-0.1, -0.05) is 0 Å². The van der Waals surface area contributed by atoms with E-state index in [2.05, 4.69) is 25.6 Å². The first-order valence-corrected chi connectivity index (χ1v) is 7.88. The number of nitro benzene ring substituents is 1. The predicted octanol–water partition coefficient (Wildman–Crippen LogP) is 2.83. The number of rotatable bonds is 7. The van der Waals surface area contributed by atoms with Gasteiger partial charge in [0.05, 0.1) is 10.6 Å². The standard InChI is InChI=1S/C17H13FN6O4/c18-12-2-1-11(7-14(12)24(27)28)21-15-8-13(10-3-5-19-6-4-10)22-17(23-15)20-9-16(25)26/h1-8H,9H2,(H,25,26)(H2,20,21,22,23). The number of halogens is 1. The molecule has 142 valence electrons. The van der Waals surface area contributed by atoms with Gasteiger partial charge in [-0.2, -0.15) is 9.37 Å². The number of carboxylic acids is 1. The lowest BCUT2D eigenvalue weighted by Crippen LogP contribution is -2.15. The van der Waals surface area contributed by atoms with Crippen LogP contribution < -0.4 is 10.6 Å². The van der Waals surface area contributed by atoms with Crippen molar-refractivity contribution in [2.24, 2.45) is 0 Å². The third kappa shape index (κ3) is 4.52. The number of carboxylic acid groups (broad SMARTS) is 1. The minimum atomic E-state index is -1.10. The van der Waals surface area contributed by atoms with Crippen LogP contribution in [-0.4, -0.2) is 37.5 Å². The Bertz CT molecular complexity index is 1030. The predicted molar refractivity (Wildman–Crippen MR) is 97.7 cm³/mol. The largest absolute Gasteiger partial charge is 0.480 e. The van der Waals surface area contributed by atoms with Crippen LogP contribution in [0.15, 0.2) is 48.8 Å². The number of benzene rings is 1. The molecule has 2 aromatic heterocycles. The lowest BCUT2D eigenvalue weighted by Gasteiger charge is -2.11. The molecule has 0 aliphatic heterocycles. The molecule has 0 fully saturated rings. The van der Waals surface area contributed by atoms with Crippen LogP contribution >= 0.6 is 0 Å². The van der Waals surface area contributed by atoms with E-state index in [1.54, 1.807) is 30.6 Å². The monoisotopic (exact) mass is 384 g/mol. The second kappa shape index (κ2) is 8.03. The summed E-state index contributed by atoms with van der Waals surface area (Å²) < 4.78 is 13.5. The van der Waals surface area contributed by atoms with E-state index in [0.717, 1.165) is 12.1 Å². The number of nitrogens with zero attached hydrogens (tertiary/aromatic N) is 4. The molecule has 0 aliphatic rings. The summed E-state index contributed by atoms with van der Waals surface area (Å²) in [6, 6.07) is 8.30. The Labute approximate surface area is 157 Å². The van der Waals surface area contributed by atoms with Crippen LogP contribution in [-0.2, 0) is 4.79 Å². The van der Waals surface area contributed by atoms with E-state index in [1.165, 1.54) is 6.07 Å². The molecule has 0 saturated heterocycles. The van der Waals surface area contributed by atoms with Gasteiger partial charge >= 0.3 is 11.7 Å². The van der Waals surface area contributed by atoms with Crippen LogP contribution in [0.25, 0.3) is 11.3 Å². The van der Waals surface area contributed by atoms with Crippen molar-refractivity contribution in [1.29, 1.82) is 0 Å². The number of pyridine rings is 1. The summed E-state index contributed by atoms with van der Waals surface area (Å²) in [5, 5.41) is 25.2. The molecule has 0 bridgehead atoms. The molecule has 3 aromatic rings.